The van der Waals surface area contributed by atoms with Gasteiger partial charge in [0.1, 0.15) is 5.58 Å². The third-order valence-corrected chi connectivity index (χ3v) is 10.5. The third-order valence-electron chi connectivity index (χ3n) is 8.46. The number of hydrogen-bond acceptors (Lipinski definition) is 1. The number of para-hydroxylation sites is 1. The van der Waals surface area contributed by atoms with E-state index in [0.717, 1.165) is 66.7 Å². The summed E-state index contributed by atoms with van der Waals surface area (Å²) in [5.74, 6) is 0. The molecule has 0 aliphatic carbocycles. The van der Waals surface area contributed by atoms with Gasteiger partial charge in [0.2, 0.25) is 0 Å². The Hall–Kier alpha value is -4.67. The van der Waals surface area contributed by atoms with E-state index in [1.807, 2.05) is 51.7 Å². The Morgan fingerprint density at radius 2 is 1.34 bits per heavy atom. The number of aryl methyl sites for hydroxylation is 1. The molecule has 0 aliphatic heterocycles. The molecule has 0 fully saturated rings. The topological polar surface area (TPSA) is 20.9 Å². The normalized spacial score (nSPS) is 11.1. The van der Waals surface area contributed by atoms with Gasteiger partial charge in [-0.25, -0.2) is 0 Å². The van der Waals surface area contributed by atoms with Crippen molar-refractivity contribution in [2.45, 2.75) is 26.6 Å². The quantitative estimate of drug-likeness (QED) is 0.0988. The van der Waals surface area contributed by atoms with Gasteiger partial charge in [-0.1, -0.05) is 122 Å². The van der Waals surface area contributed by atoms with Crippen LogP contribution in [0.3, 0.4) is 0 Å². The van der Waals surface area contributed by atoms with Crippen LogP contribution in [-0.4, -0.2) is 8.07 Å². The number of furan rings is 1. The number of hydrogen-bond donors (Lipinski definition) is 0. The molecule has 0 spiro atoms. The van der Waals surface area contributed by atoms with Crippen LogP contribution in [0.4, 0.5) is 0 Å². The first-order valence-electron chi connectivity index (χ1n) is 15.5. The Morgan fingerprint density at radius 3 is 2.02 bits per heavy atom. The van der Waals surface area contributed by atoms with Crippen molar-refractivity contribution >= 4 is 35.2 Å². The molecule has 0 saturated carbocycles. The fraction of sp³-hybridized carbons (Fsp3) is 0.0952. The zero-order valence-electron chi connectivity index (χ0n) is 27.5. The molecule has 0 bridgehead atoms. The van der Waals surface area contributed by atoms with Gasteiger partial charge in [-0.15, -0.1) is 23.3 Å². The van der Waals surface area contributed by atoms with Gasteiger partial charge in [0.15, 0.2) is 0 Å². The second-order valence-electron chi connectivity index (χ2n) is 12.9. The van der Waals surface area contributed by atoms with E-state index in [1.165, 1.54) is 10.8 Å². The van der Waals surface area contributed by atoms with Crippen molar-refractivity contribution < 1.29 is 33.7 Å². The molecule has 3 aromatic heterocycles. The van der Waals surface area contributed by atoms with E-state index in [0.29, 0.717) is 0 Å². The predicted molar refractivity (Wildman–Crippen MR) is 195 cm³/mol. The maximum atomic E-state index is 6.48. The van der Waals surface area contributed by atoms with Gasteiger partial charge in [0.05, 0.1) is 37.4 Å². The van der Waals surface area contributed by atoms with E-state index in [9.17, 15) is 0 Å². The van der Waals surface area contributed by atoms with E-state index in [2.05, 4.69) is 134 Å². The molecular formula is C42H40IrN2OSi-2. The second-order valence-corrected chi connectivity index (χ2v) is 17.9. The summed E-state index contributed by atoms with van der Waals surface area (Å²) in [6.07, 6.45) is 4.10. The van der Waals surface area contributed by atoms with Crippen LogP contribution in [0.15, 0.2) is 126 Å². The van der Waals surface area contributed by atoms with E-state index in [1.54, 1.807) is 0 Å². The molecule has 3 heterocycles. The van der Waals surface area contributed by atoms with Crippen LogP contribution in [0.2, 0.25) is 19.6 Å². The van der Waals surface area contributed by atoms with Crippen LogP contribution in [0.1, 0.15) is 16.7 Å². The van der Waals surface area contributed by atoms with Gasteiger partial charge in [-0.05, 0) is 5.56 Å². The van der Waals surface area contributed by atoms with E-state index < -0.39 is 8.07 Å². The third kappa shape index (κ3) is 6.75. The molecule has 0 N–H and O–H groups in total. The Labute approximate surface area is 293 Å². The molecule has 1 radical (unpaired) electrons. The fourth-order valence-electron chi connectivity index (χ4n) is 5.94. The smallest absolute Gasteiger partial charge is 0.141 e. The minimum atomic E-state index is -1.29. The molecule has 0 amide bonds. The summed E-state index contributed by atoms with van der Waals surface area (Å²) in [5, 5.41) is 3.62. The van der Waals surface area contributed by atoms with Crippen LogP contribution in [0.25, 0.3) is 55.6 Å². The largest absolute Gasteiger partial charge is 0.469 e. The van der Waals surface area contributed by atoms with Crippen LogP contribution in [0.5, 0.6) is 0 Å². The average molecular weight is 809 g/mol. The molecule has 0 saturated heterocycles. The van der Waals surface area contributed by atoms with Crippen molar-refractivity contribution in [3.8, 4) is 33.6 Å². The monoisotopic (exact) mass is 809 g/mol. The van der Waals surface area contributed by atoms with Gasteiger partial charge >= 0.3 is 0 Å². The van der Waals surface area contributed by atoms with E-state index in [4.69, 9.17) is 4.42 Å². The fourth-order valence-corrected chi connectivity index (χ4v) is 7.06. The summed E-state index contributed by atoms with van der Waals surface area (Å²) in [4.78, 5) is 0. The predicted octanol–water partition coefficient (Wildman–Crippen LogP) is 9.34. The number of nitrogens with zero attached hydrogens (tertiary/aromatic N) is 2. The van der Waals surface area contributed by atoms with Crippen LogP contribution < -0.4 is 14.3 Å². The summed E-state index contributed by atoms with van der Waals surface area (Å²) >= 11 is 0. The molecule has 47 heavy (non-hydrogen) atoms. The van der Waals surface area contributed by atoms with Gasteiger partial charge in [-0.3, -0.25) is 0 Å². The van der Waals surface area contributed by atoms with E-state index in [-0.39, 0.29) is 20.1 Å². The number of benzene rings is 4. The summed E-state index contributed by atoms with van der Waals surface area (Å²) in [5.41, 5.74) is 11.4. The number of pyridine rings is 2. The number of aromatic nitrogens is 2. The zero-order chi connectivity index (χ0) is 32.6. The second kappa shape index (κ2) is 13.6. The molecule has 0 aliphatic rings. The van der Waals surface area contributed by atoms with Crippen LogP contribution in [-0.2, 0) is 20.1 Å². The molecule has 239 valence electrons. The van der Waals surface area contributed by atoms with Crippen LogP contribution in [0, 0.1) is 34.9 Å². The summed E-state index contributed by atoms with van der Waals surface area (Å²) in [6, 6.07) is 37.6. The molecule has 0 atom stereocenters. The average Bonchev–Trinajstić information content (AvgIpc) is 3.41. The number of fused-ring (bicyclic) bond motifs is 3. The molecule has 7 aromatic rings. The van der Waals surface area contributed by atoms with Crippen molar-refractivity contribution in [2.75, 3.05) is 0 Å². The minimum Gasteiger partial charge on any atom is -0.469 e. The van der Waals surface area contributed by atoms with Crippen molar-refractivity contribution in [1.82, 2.24) is 0 Å². The van der Waals surface area contributed by atoms with Crippen molar-refractivity contribution in [2.24, 2.45) is 0 Å². The van der Waals surface area contributed by atoms with Gasteiger partial charge in [-0.2, -0.15) is 37.1 Å². The Morgan fingerprint density at radius 1 is 0.617 bits per heavy atom. The molecule has 7 rings (SSSR count). The summed E-state index contributed by atoms with van der Waals surface area (Å²) in [6.45, 7) is 17.5. The molecule has 3 nitrogen and oxygen atoms in total. The maximum Gasteiger partial charge on any atom is 0.141 e. The summed E-state index contributed by atoms with van der Waals surface area (Å²) < 4.78 is 10.3. The summed E-state index contributed by atoms with van der Waals surface area (Å²) in [7, 11) is 6.97. The first-order chi connectivity index (χ1) is 22.0. The molecule has 4 aromatic carbocycles. The van der Waals surface area contributed by atoms with Crippen LogP contribution >= 0.6 is 0 Å². The molecule has 0 unspecified atom stereocenters. The van der Waals surface area contributed by atoms with Gasteiger partial charge < -0.3 is 13.6 Å². The zero-order valence-corrected chi connectivity index (χ0v) is 30.9. The maximum absolute atomic E-state index is 6.48. The van der Waals surface area contributed by atoms with Crippen molar-refractivity contribution in [3.63, 3.8) is 0 Å². The Balaban J connectivity index is 0.000000192. The minimum absolute atomic E-state index is 0. The first kappa shape index (κ1) is 33.7. The molecule has 5 heteroatoms. The SMILES string of the molecule is [CH2-]c1cc(C)ccc1-c1ccc([Si](C)(C)C)c[n+]1[CH2-].[CH2-]c1ccc2c(oc3c(-c4ccccc4)cccc32)c1-c1cccc[n+]1[CH2-].[Ir]. The van der Waals surface area contributed by atoms with E-state index >= 15 is 0 Å². The molecular weight excluding hydrogens is 769 g/mol. The van der Waals surface area contributed by atoms with Gasteiger partial charge in [0.25, 0.3) is 0 Å². The first-order valence-corrected chi connectivity index (χ1v) is 19.0. The van der Waals surface area contributed by atoms with Crippen molar-refractivity contribution in [3.05, 3.63) is 166 Å². The number of rotatable bonds is 4. The Bertz CT molecular complexity index is 2200. The Kier molecular flexibility index (Phi) is 9.74. The van der Waals surface area contributed by atoms with Crippen molar-refractivity contribution in [1.29, 1.82) is 0 Å². The van der Waals surface area contributed by atoms with Gasteiger partial charge in [0, 0.05) is 50.5 Å². The standard InChI is InChI=1S/C25H18NO.C17H22NSi.Ir/c1-17-14-15-21-20-12-8-11-19(18-9-4-3-5-10-18)24(20)27-25(21)23(17)22-13-6-7-16-26(22)2;1-13-7-9-16(14(2)11-13)17-10-8-15(12-18(17)3)19(4,5)6;/h3-16H,1-2H2;7-12H,2-3H2,1,4-6H3;/q2*-1;.